The maximum Gasteiger partial charge on any atom is 0.0451 e. The monoisotopic (exact) mass is 294 g/mol. The predicted molar refractivity (Wildman–Crippen MR) is 87.2 cm³/mol. The van der Waals surface area contributed by atoms with Crippen LogP contribution in [-0.4, -0.2) is 30.1 Å². The van der Waals surface area contributed by atoms with Gasteiger partial charge in [-0.25, -0.2) is 0 Å². The van der Waals surface area contributed by atoms with E-state index in [4.69, 9.17) is 11.6 Å². The molecular formula is C17H27ClN2. The first-order valence-electron chi connectivity index (χ1n) is 7.84. The molecule has 1 aliphatic heterocycles. The van der Waals surface area contributed by atoms with Crippen LogP contribution in [0.3, 0.4) is 0 Å². The number of nitrogens with zero attached hydrogens (tertiary/aromatic N) is 1. The second-order valence-electron chi connectivity index (χ2n) is 6.01. The molecule has 1 heterocycles. The number of rotatable bonds is 5. The Kier molecular flexibility index (Phi) is 5.88. The zero-order valence-electron chi connectivity index (χ0n) is 12.9. The molecule has 20 heavy (non-hydrogen) atoms. The van der Waals surface area contributed by atoms with E-state index in [2.05, 4.69) is 43.1 Å². The molecule has 3 heteroatoms. The van der Waals surface area contributed by atoms with Gasteiger partial charge in [-0.3, -0.25) is 4.90 Å². The number of nitrogens with one attached hydrogen (secondary N) is 1. The van der Waals surface area contributed by atoms with Crippen LogP contribution in [0, 0.1) is 5.92 Å². The van der Waals surface area contributed by atoms with Gasteiger partial charge in [0.25, 0.3) is 0 Å². The van der Waals surface area contributed by atoms with Gasteiger partial charge < -0.3 is 5.32 Å². The van der Waals surface area contributed by atoms with Gasteiger partial charge in [0.2, 0.25) is 0 Å². The van der Waals surface area contributed by atoms with Gasteiger partial charge in [0.15, 0.2) is 0 Å². The lowest BCUT2D eigenvalue weighted by Crippen LogP contribution is -2.53. The molecule has 0 radical (unpaired) electrons. The van der Waals surface area contributed by atoms with Crippen LogP contribution >= 0.6 is 11.6 Å². The molecule has 0 spiro atoms. The summed E-state index contributed by atoms with van der Waals surface area (Å²) < 4.78 is 0. The second-order valence-corrected chi connectivity index (χ2v) is 6.42. The molecule has 0 amide bonds. The summed E-state index contributed by atoms with van der Waals surface area (Å²) in [5, 5.41) is 4.58. The molecule has 0 aliphatic carbocycles. The molecule has 2 nitrogen and oxygen atoms in total. The molecule has 0 bridgehead atoms. The van der Waals surface area contributed by atoms with Crippen molar-refractivity contribution < 1.29 is 0 Å². The third kappa shape index (κ3) is 3.75. The smallest absolute Gasteiger partial charge is 0.0451 e. The van der Waals surface area contributed by atoms with Crippen LogP contribution in [0.4, 0.5) is 0 Å². The number of benzene rings is 1. The Labute approximate surface area is 128 Å². The summed E-state index contributed by atoms with van der Waals surface area (Å²) in [6.45, 7) is 10.2. The molecular weight excluding hydrogens is 268 g/mol. The van der Waals surface area contributed by atoms with E-state index in [1.165, 1.54) is 18.4 Å². The summed E-state index contributed by atoms with van der Waals surface area (Å²) in [7, 11) is 0. The standard InChI is InChI=1S/C17H27ClN2/c1-4-10-19-17-9-11-20(14(3)13(17)2)12-15-7-5-6-8-16(15)18/h5-8,13-14,17,19H,4,9-12H2,1-3H3. The average Bonchev–Trinajstić information content (AvgIpc) is 2.45. The minimum Gasteiger partial charge on any atom is -0.314 e. The molecule has 0 aromatic heterocycles. The van der Waals surface area contributed by atoms with Crippen molar-refractivity contribution in [3.8, 4) is 0 Å². The molecule has 3 unspecified atom stereocenters. The van der Waals surface area contributed by atoms with Crippen molar-refractivity contribution in [2.24, 2.45) is 5.92 Å². The predicted octanol–water partition coefficient (Wildman–Crippen LogP) is 3.94. The molecule has 0 saturated carbocycles. The maximum atomic E-state index is 6.29. The highest BCUT2D eigenvalue weighted by atomic mass is 35.5. The van der Waals surface area contributed by atoms with Crippen LogP contribution in [0.25, 0.3) is 0 Å². The quantitative estimate of drug-likeness (QED) is 0.885. The summed E-state index contributed by atoms with van der Waals surface area (Å²) >= 11 is 6.29. The van der Waals surface area contributed by atoms with Crippen LogP contribution in [-0.2, 0) is 6.54 Å². The van der Waals surface area contributed by atoms with Gasteiger partial charge in [-0.05, 0) is 43.9 Å². The molecule has 3 atom stereocenters. The Hall–Kier alpha value is -0.570. The number of piperidine rings is 1. The van der Waals surface area contributed by atoms with Crippen molar-refractivity contribution in [1.29, 1.82) is 0 Å². The topological polar surface area (TPSA) is 15.3 Å². The normalized spacial score (nSPS) is 27.7. The molecule has 112 valence electrons. The van der Waals surface area contributed by atoms with Crippen molar-refractivity contribution in [1.82, 2.24) is 10.2 Å². The second kappa shape index (κ2) is 7.44. The lowest BCUT2D eigenvalue weighted by atomic mass is 9.86. The minimum absolute atomic E-state index is 0.592. The molecule has 1 aromatic carbocycles. The van der Waals surface area contributed by atoms with E-state index < -0.39 is 0 Å². The maximum absolute atomic E-state index is 6.29. The molecule has 1 fully saturated rings. The molecule has 2 rings (SSSR count). The summed E-state index contributed by atoms with van der Waals surface area (Å²) in [6, 6.07) is 9.45. The first-order valence-corrected chi connectivity index (χ1v) is 8.22. The zero-order valence-corrected chi connectivity index (χ0v) is 13.7. The largest absolute Gasteiger partial charge is 0.314 e. The fraction of sp³-hybridized carbons (Fsp3) is 0.647. The van der Waals surface area contributed by atoms with E-state index in [1.807, 2.05) is 12.1 Å². The Morgan fingerprint density at radius 2 is 2.05 bits per heavy atom. The van der Waals surface area contributed by atoms with Crippen molar-refractivity contribution >= 4 is 11.6 Å². The van der Waals surface area contributed by atoms with Crippen LogP contribution < -0.4 is 5.32 Å². The van der Waals surface area contributed by atoms with Crippen LogP contribution in [0.1, 0.15) is 39.2 Å². The van der Waals surface area contributed by atoms with Gasteiger partial charge >= 0.3 is 0 Å². The Bertz CT molecular complexity index is 421. The highest BCUT2D eigenvalue weighted by molar-refractivity contribution is 6.31. The van der Waals surface area contributed by atoms with Crippen molar-refractivity contribution in [2.75, 3.05) is 13.1 Å². The fourth-order valence-corrected chi connectivity index (χ4v) is 3.32. The van der Waals surface area contributed by atoms with Crippen molar-refractivity contribution in [3.05, 3.63) is 34.9 Å². The summed E-state index contributed by atoms with van der Waals surface area (Å²) in [6.07, 6.45) is 2.44. The van der Waals surface area contributed by atoms with E-state index in [9.17, 15) is 0 Å². The van der Waals surface area contributed by atoms with Crippen molar-refractivity contribution in [2.45, 2.75) is 52.2 Å². The zero-order chi connectivity index (χ0) is 14.5. The Balaban J connectivity index is 1.97. The van der Waals surface area contributed by atoms with E-state index in [0.717, 1.165) is 24.7 Å². The van der Waals surface area contributed by atoms with Gasteiger partial charge in [-0.1, -0.05) is 43.6 Å². The summed E-state index contributed by atoms with van der Waals surface area (Å²) in [5.41, 5.74) is 1.24. The van der Waals surface area contributed by atoms with Gasteiger partial charge in [0.05, 0.1) is 0 Å². The number of hydrogen-bond acceptors (Lipinski definition) is 2. The van der Waals surface area contributed by atoms with E-state index in [-0.39, 0.29) is 0 Å². The lowest BCUT2D eigenvalue weighted by molar-refractivity contribution is 0.0785. The highest BCUT2D eigenvalue weighted by Gasteiger charge is 2.31. The van der Waals surface area contributed by atoms with Gasteiger partial charge in [-0.2, -0.15) is 0 Å². The average molecular weight is 295 g/mol. The van der Waals surface area contributed by atoms with Crippen molar-refractivity contribution in [3.63, 3.8) is 0 Å². The molecule has 1 aliphatic rings. The van der Waals surface area contributed by atoms with Gasteiger partial charge in [-0.15, -0.1) is 0 Å². The van der Waals surface area contributed by atoms with E-state index >= 15 is 0 Å². The Morgan fingerprint density at radius 1 is 1.30 bits per heavy atom. The van der Waals surface area contributed by atoms with Crippen LogP contribution in [0.5, 0.6) is 0 Å². The van der Waals surface area contributed by atoms with E-state index in [1.54, 1.807) is 0 Å². The lowest BCUT2D eigenvalue weighted by Gasteiger charge is -2.43. The molecule has 1 saturated heterocycles. The van der Waals surface area contributed by atoms with Crippen LogP contribution in [0.15, 0.2) is 24.3 Å². The summed E-state index contributed by atoms with van der Waals surface area (Å²) in [4.78, 5) is 2.57. The third-order valence-corrected chi connectivity index (χ3v) is 5.06. The molecule has 1 aromatic rings. The third-order valence-electron chi connectivity index (χ3n) is 4.69. The van der Waals surface area contributed by atoms with Gasteiger partial charge in [0.1, 0.15) is 0 Å². The first kappa shape index (κ1) is 15.8. The number of likely N-dealkylation sites (tertiary alicyclic amines) is 1. The molecule has 1 N–H and O–H groups in total. The fourth-order valence-electron chi connectivity index (χ4n) is 3.13. The Morgan fingerprint density at radius 3 is 2.75 bits per heavy atom. The first-order chi connectivity index (χ1) is 9.63. The summed E-state index contributed by atoms with van der Waals surface area (Å²) in [5.74, 6) is 0.679. The van der Waals surface area contributed by atoms with Gasteiger partial charge in [0, 0.05) is 30.2 Å². The SMILES string of the molecule is CCCNC1CCN(Cc2ccccc2Cl)C(C)C1C. The number of halogens is 1. The minimum atomic E-state index is 0.592. The van der Waals surface area contributed by atoms with E-state index in [0.29, 0.717) is 18.0 Å². The highest BCUT2D eigenvalue weighted by Crippen LogP contribution is 2.27. The van der Waals surface area contributed by atoms with Crippen LogP contribution in [0.2, 0.25) is 5.02 Å². The number of hydrogen-bond donors (Lipinski definition) is 1.